The van der Waals surface area contributed by atoms with Gasteiger partial charge >= 0.3 is 0 Å². The number of amides is 2. The molecule has 7 heteroatoms. The van der Waals surface area contributed by atoms with Crippen LogP contribution in [-0.2, 0) is 16.1 Å². The van der Waals surface area contributed by atoms with Crippen LogP contribution in [0.15, 0.2) is 48.5 Å². The fourth-order valence-corrected chi connectivity index (χ4v) is 2.99. The van der Waals surface area contributed by atoms with Crippen LogP contribution < -0.4 is 20.3 Å². The molecule has 1 heterocycles. The third-order valence-electron chi connectivity index (χ3n) is 4.44. The number of anilines is 1. The highest BCUT2D eigenvalue weighted by molar-refractivity contribution is 5.86. The minimum absolute atomic E-state index is 0.0964. The molecule has 0 unspecified atom stereocenters. The van der Waals surface area contributed by atoms with Crippen molar-refractivity contribution in [2.24, 2.45) is 0 Å². The molecule has 2 N–H and O–H groups in total. The molecule has 0 fully saturated rings. The number of nitrogens with one attached hydrogen (secondary N) is 2. The Morgan fingerprint density at radius 1 is 1.14 bits per heavy atom. The van der Waals surface area contributed by atoms with E-state index in [0.717, 1.165) is 17.7 Å². The average molecular weight is 385 g/mol. The van der Waals surface area contributed by atoms with Gasteiger partial charge in [0.25, 0.3) is 5.91 Å². The lowest BCUT2D eigenvalue weighted by molar-refractivity contribution is -0.128. The highest BCUT2D eigenvalue weighted by Crippen LogP contribution is 2.32. The lowest BCUT2D eigenvalue weighted by atomic mass is 10.1. The summed E-state index contributed by atoms with van der Waals surface area (Å²) in [7, 11) is 0. The average Bonchev–Trinajstić information content (AvgIpc) is 2.71. The number of fused-ring (bicyclic) bond motifs is 1. The van der Waals surface area contributed by atoms with Gasteiger partial charge in [-0.3, -0.25) is 9.59 Å². The quantitative estimate of drug-likeness (QED) is 0.767. The maximum atomic E-state index is 13.0. The van der Waals surface area contributed by atoms with E-state index in [1.165, 1.54) is 12.1 Å². The van der Waals surface area contributed by atoms with Gasteiger partial charge in [-0.25, -0.2) is 4.39 Å². The first-order chi connectivity index (χ1) is 13.6. The van der Waals surface area contributed by atoms with Gasteiger partial charge in [0.15, 0.2) is 6.10 Å². The first-order valence-electron chi connectivity index (χ1n) is 9.36. The lowest BCUT2D eigenvalue weighted by Gasteiger charge is -2.35. The number of para-hydroxylation sites is 2. The van der Waals surface area contributed by atoms with E-state index in [9.17, 15) is 14.0 Å². The summed E-state index contributed by atoms with van der Waals surface area (Å²) in [4.78, 5) is 26.6. The van der Waals surface area contributed by atoms with Gasteiger partial charge in [0.2, 0.25) is 5.91 Å². The number of ether oxygens (including phenoxy) is 1. The molecule has 1 aliphatic rings. The molecule has 148 valence electrons. The third-order valence-corrected chi connectivity index (χ3v) is 4.44. The van der Waals surface area contributed by atoms with Crippen molar-refractivity contribution in [2.75, 3.05) is 24.5 Å². The van der Waals surface area contributed by atoms with Crippen molar-refractivity contribution < 1.29 is 18.7 Å². The zero-order chi connectivity index (χ0) is 19.9. The first-order valence-corrected chi connectivity index (χ1v) is 9.36. The van der Waals surface area contributed by atoms with Gasteiger partial charge in [-0.2, -0.15) is 0 Å². The van der Waals surface area contributed by atoms with Crippen LogP contribution in [-0.4, -0.2) is 37.6 Å². The van der Waals surface area contributed by atoms with Crippen LogP contribution in [0.1, 0.15) is 18.9 Å². The minimum atomic E-state index is -0.675. The van der Waals surface area contributed by atoms with Gasteiger partial charge < -0.3 is 20.3 Å². The molecule has 2 aromatic rings. The molecule has 1 aliphatic heterocycles. The maximum Gasteiger partial charge on any atom is 0.262 e. The Hall–Kier alpha value is -3.09. The van der Waals surface area contributed by atoms with E-state index in [2.05, 4.69) is 10.6 Å². The fraction of sp³-hybridized carbons (Fsp3) is 0.333. The maximum absolute atomic E-state index is 13.0. The largest absolute Gasteiger partial charge is 0.477 e. The van der Waals surface area contributed by atoms with Gasteiger partial charge in [0.05, 0.1) is 18.8 Å². The summed E-state index contributed by atoms with van der Waals surface area (Å²) in [6.45, 7) is 3.26. The van der Waals surface area contributed by atoms with Crippen molar-refractivity contribution in [3.8, 4) is 5.75 Å². The van der Waals surface area contributed by atoms with Crippen molar-refractivity contribution >= 4 is 17.5 Å². The smallest absolute Gasteiger partial charge is 0.262 e. The molecule has 1 atom stereocenters. The summed E-state index contributed by atoms with van der Waals surface area (Å²) >= 11 is 0. The van der Waals surface area contributed by atoms with Crippen LogP contribution in [0.2, 0.25) is 0 Å². The number of halogens is 1. The minimum Gasteiger partial charge on any atom is -0.477 e. The molecule has 0 saturated heterocycles. The summed E-state index contributed by atoms with van der Waals surface area (Å²) in [6.07, 6.45) is 0.163. The Bertz CT molecular complexity index is 826. The second-order valence-electron chi connectivity index (χ2n) is 6.65. The number of carbonyl (C=O) groups excluding carboxylic acids is 2. The topological polar surface area (TPSA) is 70.7 Å². The van der Waals surface area contributed by atoms with Crippen LogP contribution in [0, 0.1) is 5.82 Å². The summed E-state index contributed by atoms with van der Waals surface area (Å²) in [6, 6.07) is 13.3. The SMILES string of the molecule is CCCNC(=O)[C@@H]1CN(CC(=O)NCc2ccc(F)cc2)c2ccccc2O1. The monoisotopic (exact) mass is 385 g/mol. The molecule has 0 radical (unpaired) electrons. The third kappa shape index (κ3) is 5.00. The Kier molecular flexibility index (Phi) is 6.47. The molecule has 28 heavy (non-hydrogen) atoms. The second-order valence-corrected chi connectivity index (χ2v) is 6.65. The normalized spacial score (nSPS) is 15.4. The molecule has 2 amide bonds. The number of nitrogens with zero attached hydrogens (tertiary/aromatic N) is 1. The molecule has 2 aromatic carbocycles. The first kappa shape index (κ1) is 19.7. The van der Waals surface area contributed by atoms with Crippen LogP contribution in [0.4, 0.5) is 10.1 Å². The second kappa shape index (κ2) is 9.21. The lowest BCUT2D eigenvalue weighted by Crippen LogP contribution is -2.51. The Labute approximate surface area is 163 Å². The Balaban J connectivity index is 1.64. The van der Waals surface area contributed by atoms with Crippen LogP contribution >= 0.6 is 0 Å². The van der Waals surface area contributed by atoms with Crippen molar-refractivity contribution in [1.29, 1.82) is 0 Å². The van der Waals surface area contributed by atoms with Crippen molar-refractivity contribution in [3.63, 3.8) is 0 Å². The Morgan fingerprint density at radius 3 is 2.64 bits per heavy atom. The van der Waals surface area contributed by atoms with Crippen LogP contribution in [0.5, 0.6) is 5.75 Å². The van der Waals surface area contributed by atoms with Gasteiger partial charge in [-0.15, -0.1) is 0 Å². The summed E-state index contributed by atoms with van der Waals surface area (Å²) in [5, 5.41) is 5.67. The van der Waals surface area contributed by atoms with Gasteiger partial charge in [-0.05, 0) is 36.2 Å². The van der Waals surface area contributed by atoms with E-state index in [-0.39, 0.29) is 30.7 Å². The highest BCUT2D eigenvalue weighted by Gasteiger charge is 2.31. The number of hydrogen-bond donors (Lipinski definition) is 2. The number of rotatable bonds is 7. The van der Waals surface area contributed by atoms with E-state index in [1.54, 1.807) is 18.2 Å². The molecule has 0 saturated carbocycles. The van der Waals surface area contributed by atoms with Crippen molar-refractivity contribution in [2.45, 2.75) is 26.0 Å². The zero-order valence-corrected chi connectivity index (χ0v) is 15.8. The molecule has 6 nitrogen and oxygen atoms in total. The van der Waals surface area contributed by atoms with Gasteiger partial charge in [0, 0.05) is 13.1 Å². The van der Waals surface area contributed by atoms with Gasteiger partial charge in [0.1, 0.15) is 11.6 Å². The van der Waals surface area contributed by atoms with Crippen molar-refractivity contribution in [1.82, 2.24) is 10.6 Å². The number of benzene rings is 2. The summed E-state index contributed by atoms with van der Waals surface area (Å²) in [5.74, 6) is -0.106. The van der Waals surface area contributed by atoms with E-state index in [4.69, 9.17) is 4.74 Å². The predicted octanol–water partition coefficient (Wildman–Crippen LogP) is 2.24. The molecule has 0 aliphatic carbocycles. The standard InChI is InChI=1S/C21H24FN3O3/c1-2-11-23-21(27)19-13-25(17-5-3-4-6-18(17)28-19)14-20(26)24-12-15-7-9-16(22)10-8-15/h3-10,19H,2,11-14H2,1H3,(H,23,27)(H,24,26)/t19-/m0/s1. The highest BCUT2D eigenvalue weighted by atomic mass is 19.1. The molecule has 3 rings (SSSR count). The van der Waals surface area contributed by atoms with Crippen molar-refractivity contribution in [3.05, 3.63) is 59.9 Å². The Morgan fingerprint density at radius 2 is 1.89 bits per heavy atom. The van der Waals surface area contributed by atoms with Gasteiger partial charge in [-0.1, -0.05) is 31.2 Å². The molecule has 0 bridgehead atoms. The molecular weight excluding hydrogens is 361 g/mol. The van der Waals surface area contributed by atoms with Crippen LogP contribution in [0.3, 0.4) is 0 Å². The number of hydrogen-bond acceptors (Lipinski definition) is 4. The predicted molar refractivity (Wildman–Crippen MR) is 105 cm³/mol. The van der Waals surface area contributed by atoms with E-state index in [0.29, 0.717) is 18.8 Å². The summed E-state index contributed by atoms with van der Waals surface area (Å²) < 4.78 is 18.8. The van der Waals surface area contributed by atoms with E-state index < -0.39 is 6.10 Å². The zero-order valence-electron chi connectivity index (χ0n) is 15.8. The van der Waals surface area contributed by atoms with E-state index in [1.807, 2.05) is 30.0 Å². The van der Waals surface area contributed by atoms with Crippen LogP contribution in [0.25, 0.3) is 0 Å². The summed E-state index contributed by atoms with van der Waals surface area (Å²) in [5.41, 5.74) is 1.59. The molecule has 0 spiro atoms. The number of carbonyl (C=O) groups is 2. The molecular formula is C21H24FN3O3. The fourth-order valence-electron chi connectivity index (χ4n) is 2.99. The van der Waals surface area contributed by atoms with E-state index >= 15 is 0 Å². The molecule has 0 aromatic heterocycles.